The SMILES string of the molecule is CC(C)=CCc1c(O)cc2oc(-c3ccc(C)c(O)c3)c(O)c(=O)c2c1O. The molecular formula is C21H20O6. The van der Waals surface area contributed by atoms with E-state index in [0.29, 0.717) is 11.1 Å². The highest BCUT2D eigenvalue weighted by Gasteiger charge is 2.22. The molecule has 2 aromatic carbocycles. The predicted octanol–water partition coefficient (Wildman–Crippen LogP) is 4.10. The average Bonchev–Trinajstić information content (AvgIpc) is 2.59. The first-order chi connectivity index (χ1) is 12.7. The first kappa shape index (κ1) is 18.4. The maximum Gasteiger partial charge on any atom is 0.238 e. The summed E-state index contributed by atoms with van der Waals surface area (Å²) >= 11 is 0. The van der Waals surface area contributed by atoms with Gasteiger partial charge in [0, 0.05) is 17.2 Å². The van der Waals surface area contributed by atoms with E-state index in [1.54, 1.807) is 25.1 Å². The highest BCUT2D eigenvalue weighted by Crippen LogP contribution is 2.39. The Balaban J connectivity index is 2.29. The van der Waals surface area contributed by atoms with Crippen molar-refractivity contribution < 1.29 is 24.8 Å². The zero-order valence-corrected chi connectivity index (χ0v) is 15.2. The predicted molar refractivity (Wildman–Crippen MR) is 102 cm³/mol. The number of benzene rings is 2. The summed E-state index contributed by atoms with van der Waals surface area (Å²) < 4.78 is 5.60. The quantitative estimate of drug-likeness (QED) is 0.518. The van der Waals surface area contributed by atoms with Gasteiger partial charge in [0.25, 0.3) is 0 Å². The second kappa shape index (κ2) is 6.72. The van der Waals surface area contributed by atoms with Crippen LogP contribution in [0.5, 0.6) is 23.0 Å². The van der Waals surface area contributed by atoms with Crippen molar-refractivity contribution in [2.24, 2.45) is 0 Å². The molecule has 0 radical (unpaired) electrons. The van der Waals surface area contributed by atoms with Crippen molar-refractivity contribution in [1.82, 2.24) is 0 Å². The Hall–Kier alpha value is -3.41. The highest BCUT2D eigenvalue weighted by atomic mass is 16.4. The van der Waals surface area contributed by atoms with Crippen LogP contribution in [0, 0.1) is 6.92 Å². The monoisotopic (exact) mass is 368 g/mol. The molecule has 27 heavy (non-hydrogen) atoms. The molecule has 0 fully saturated rings. The van der Waals surface area contributed by atoms with E-state index in [1.165, 1.54) is 12.1 Å². The van der Waals surface area contributed by atoms with E-state index in [0.717, 1.165) is 5.57 Å². The van der Waals surface area contributed by atoms with E-state index >= 15 is 0 Å². The van der Waals surface area contributed by atoms with E-state index in [2.05, 4.69) is 0 Å². The summed E-state index contributed by atoms with van der Waals surface area (Å²) in [5, 5.41) is 40.7. The van der Waals surface area contributed by atoms with Gasteiger partial charge in [-0.3, -0.25) is 4.79 Å². The largest absolute Gasteiger partial charge is 0.508 e. The van der Waals surface area contributed by atoms with Gasteiger partial charge in [-0.15, -0.1) is 0 Å². The van der Waals surface area contributed by atoms with Crippen LogP contribution in [0.15, 0.2) is 45.1 Å². The summed E-state index contributed by atoms with van der Waals surface area (Å²) in [5.74, 6) is -1.50. The smallest absolute Gasteiger partial charge is 0.238 e. The standard InChI is InChI=1S/C21H20O6/c1-10(2)4-7-13-15(23)9-16-17(18(13)24)19(25)20(26)21(27-16)12-6-5-11(3)14(22)8-12/h4-6,8-9,22-24,26H,7H2,1-3H3. The molecule has 0 saturated carbocycles. The summed E-state index contributed by atoms with van der Waals surface area (Å²) in [6, 6.07) is 5.80. The van der Waals surface area contributed by atoms with Crippen molar-refractivity contribution >= 4 is 11.0 Å². The van der Waals surface area contributed by atoms with Crippen molar-refractivity contribution in [1.29, 1.82) is 0 Å². The topological polar surface area (TPSA) is 111 Å². The molecule has 0 aliphatic rings. The van der Waals surface area contributed by atoms with Crippen LogP contribution >= 0.6 is 0 Å². The Bertz CT molecular complexity index is 1130. The van der Waals surface area contributed by atoms with Crippen LogP contribution in [-0.2, 0) is 6.42 Å². The first-order valence-electron chi connectivity index (χ1n) is 8.37. The van der Waals surface area contributed by atoms with E-state index < -0.39 is 16.9 Å². The Labute approximate surface area is 155 Å². The number of rotatable bonds is 3. The molecule has 3 aromatic rings. The Morgan fingerprint density at radius 3 is 2.37 bits per heavy atom. The van der Waals surface area contributed by atoms with Gasteiger partial charge in [0.15, 0.2) is 5.76 Å². The molecule has 6 heteroatoms. The fourth-order valence-electron chi connectivity index (χ4n) is 2.81. The van der Waals surface area contributed by atoms with E-state index in [4.69, 9.17) is 4.42 Å². The van der Waals surface area contributed by atoms with Crippen molar-refractivity contribution in [2.45, 2.75) is 27.2 Å². The molecule has 0 saturated heterocycles. The molecule has 0 aliphatic carbocycles. The van der Waals surface area contributed by atoms with Gasteiger partial charge in [0.1, 0.15) is 28.2 Å². The number of aromatic hydroxyl groups is 4. The van der Waals surface area contributed by atoms with Gasteiger partial charge < -0.3 is 24.8 Å². The van der Waals surface area contributed by atoms with Gasteiger partial charge in [-0.05, 0) is 38.8 Å². The lowest BCUT2D eigenvalue weighted by Crippen LogP contribution is -2.04. The number of hydrogen-bond donors (Lipinski definition) is 4. The molecule has 0 bridgehead atoms. The third kappa shape index (κ3) is 3.21. The van der Waals surface area contributed by atoms with E-state index in [9.17, 15) is 25.2 Å². The Morgan fingerprint density at radius 2 is 1.74 bits per heavy atom. The van der Waals surface area contributed by atoms with Gasteiger partial charge in [-0.25, -0.2) is 0 Å². The van der Waals surface area contributed by atoms with E-state index in [1.807, 2.05) is 13.8 Å². The molecule has 1 aromatic heterocycles. The molecule has 0 amide bonds. The number of aryl methyl sites for hydroxylation is 1. The molecule has 3 rings (SSSR count). The Kier molecular flexibility index (Phi) is 4.57. The van der Waals surface area contributed by atoms with E-state index in [-0.39, 0.29) is 40.2 Å². The molecule has 140 valence electrons. The second-order valence-corrected chi connectivity index (χ2v) is 6.69. The second-order valence-electron chi connectivity index (χ2n) is 6.69. The van der Waals surface area contributed by atoms with Crippen LogP contribution in [0.25, 0.3) is 22.3 Å². The minimum Gasteiger partial charge on any atom is -0.508 e. The lowest BCUT2D eigenvalue weighted by atomic mass is 10.0. The number of allylic oxidation sites excluding steroid dienone is 2. The average molecular weight is 368 g/mol. The zero-order chi connectivity index (χ0) is 19.9. The van der Waals surface area contributed by atoms with Crippen molar-refractivity contribution in [3.8, 4) is 34.3 Å². The Morgan fingerprint density at radius 1 is 1.04 bits per heavy atom. The molecule has 4 N–H and O–H groups in total. The van der Waals surface area contributed by atoms with Gasteiger partial charge in [0.2, 0.25) is 11.2 Å². The number of phenols is 3. The maximum absolute atomic E-state index is 12.7. The minimum absolute atomic E-state index is 0.0163. The summed E-state index contributed by atoms with van der Waals surface area (Å²) in [6.07, 6.45) is 2.02. The van der Waals surface area contributed by atoms with Gasteiger partial charge in [-0.1, -0.05) is 23.8 Å². The van der Waals surface area contributed by atoms with Crippen LogP contribution in [0.2, 0.25) is 0 Å². The molecule has 0 aliphatic heterocycles. The van der Waals surface area contributed by atoms with Crippen LogP contribution < -0.4 is 5.43 Å². The summed E-state index contributed by atoms with van der Waals surface area (Å²) in [5.41, 5.74) is 1.20. The highest BCUT2D eigenvalue weighted by molar-refractivity contribution is 5.90. The minimum atomic E-state index is -0.817. The van der Waals surface area contributed by atoms with Gasteiger partial charge >= 0.3 is 0 Å². The van der Waals surface area contributed by atoms with Gasteiger partial charge in [0.05, 0.1) is 0 Å². The number of fused-ring (bicyclic) bond motifs is 1. The summed E-state index contributed by atoms with van der Waals surface area (Å²) in [7, 11) is 0. The van der Waals surface area contributed by atoms with Crippen molar-refractivity contribution in [3.05, 3.63) is 57.3 Å². The molecule has 1 heterocycles. The summed E-state index contributed by atoms with van der Waals surface area (Å²) in [6.45, 7) is 5.46. The van der Waals surface area contributed by atoms with Crippen LogP contribution in [0.1, 0.15) is 25.0 Å². The van der Waals surface area contributed by atoms with Crippen LogP contribution in [0.3, 0.4) is 0 Å². The summed E-state index contributed by atoms with van der Waals surface area (Å²) in [4.78, 5) is 12.7. The van der Waals surface area contributed by atoms with Crippen molar-refractivity contribution in [2.75, 3.05) is 0 Å². The molecular weight excluding hydrogens is 348 g/mol. The third-order valence-corrected chi connectivity index (χ3v) is 4.40. The molecule has 6 nitrogen and oxygen atoms in total. The molecule has 0 spiro atoms. The lowest BCUT2D eigenvalue weighted by Gasteiger charge is -2.11. The molecule has 0 unspecified atom stereocenters. The molecule has 0 atom stereocenters. The zero-order valence-electron chi connectivity index (χ0n) is 15.2. The fraction of sp³-hybridized carbons (Fsp3) is 0.190. The fourth-order valence-corrected chi connectivity index (χ4v) is 2.81. The lowest BCUT2D eigenvalue weighted by molar-refractivity contribution is 0.433. The first-order valence-corrected chi connectivity index (χ1v) is 8.37. The normalized spacial score (nSPS) is 10.9. The van der Waals surface area contributed by atoms with Crippen LogP contribution in [0.4, 0.5) is 0 Å². The number of hydrogen-bond acceptors (Lipinski definition) is 6. The number of phenolic OH excluding ortho intramolecular Hbond substituents is 3. The van der Waals surface area contributed by atoms with Crippen LogP contribution in [-0.4, -0.2) is 20.4 Å². The van der Waals surface area contributed by atoms with Crippen molar-refractivity contribution in [3.63, 3.8) is 0 Å². The third-order valence-electron chi connectivity index (χ3n) is 4.40. The maximum atomic E-state index is 12.7. The van der Waals surface area contributed by atoms with Gasteiger partial charge in [-0.2, -0.15) is 0 Å².